The van der Waals surface area contributed by atoms with Crippen LogP contribution in [0.3, 0.4) is 0 Å². The van der Waals surface area contributed by atoms with E-state index in [4.69, 9.17) is 10.5 Å². The molecule has 0 aromatic heterocycles. The van der Waals surface area contributed by atoms with Gasteiger partial charge in [-0.15, -0.1) is 12.4 Å². The average Bonchev–Trinajstić information content (AvgIpc) is 2.15. The van der Waals surface area contributed by atoms with Crippen LogP contribution in [0.1, 0.15) is 16.7 Å². The van der Waals surface area contributed by atoms with Gasteiger partial charge in [-0.1, -0.05) is 12.1 Å². The molecule has 0 fully saturated rings. The van der Waals surface area contributed by atoms with Crippen LogP contribution >= 0.6 is 12.4 Å². The third-order valence-corrected chi connectivity index (χ3v) is 2.11. The Morgan fingerprint density at radius 3 is 2.12 bits per heavy atom. The average molecular weight is 252 g/mol. The van der Waals surface area contributed by atoms with Crippen molar-refractivity contribution in [3.05, 3.63) is 28.8 Å². The standard InChI is InChI=1S/C11H15F2NO.ClH/c1-7-3-9(5-14)4-8(2)11(7)15-6-10(12)13;/h3-4,10H,5-6,14H2,1-2H3;1H. The molecule has 0 aliphatic rings. The first kappa shape index (κ1) is 15.1. The van der Waals surface area contributed by atoms with Gasteiger partial charge < -0.3 is 10.5 Å². The van der Waals surface area contributed by atoms with E-state index in [9.17, 15) is 8.78 Å². The van der Waals surface area contributed by atoms with Crippen LogP contribution in [0, 0.1) is 13.8 Å². The van der Waals surface area contributed by atoms with Crippen molar-refractivity contribution in [2.75, 3.05) is 6.61 Å². The zero-order valence-electron chi connectivity index (χ0n) is 9.30. The Balaban J connectivity index is 0.00000225. The molecule has 0 spiro atoms. The summed E-state index contributed by atoms with van der Waals surface area (Å²) in [5, 5.41) is 0. The lowest BCUT2D eigenvalue weighted by Gasteiger charge is -2.13. The van der Waals surface area contributed by atoms with Crippen molar-refractivity contribution in [1.29, 1.82) is 0 Å². The predicted molar refractivity (Wildman–Crippen MR) is 62.6 cm³/mol. The molecule has 1 rings (SSSR count). The number of hydrogen-bond donors (Lipinski definition) is 1. The first-order valence-corrected chi connectivity index (χ1v) is 4.75. The predicted octanol–water partition coefficient (Wildman–Crippen LogP) is 2.83. The minimum atomic E-state index is -2.45. The summed E-state index contributed by atoms with van der Waals surface area (Å²) in [5.41, 5.74) is 8.17. The molecular weight excluding hydrogens is 236 g/mol. The van der Waals surface area contributed by atoms with Crippen LogP contribution < -0.4 is 10.5 Å². The largest absolute Gasteiger partial charge is 0.487 e. The number of halogens is 3. The van der Waals surface area contributed by atoms with Crippen molar-refractivity contribution >= 4 is 12.4 Å². The van der Waals surface area contributed by atoms with E-state index < -0.39 is 13.0 Å². The highest BCUT2D eigenvalue weighted by atomic mass is 35.5. The normalized spacial score (nSPS) is 10.1. The smallest absolute Gasteiger partial charge is 0.272 e. The highest BCUT2D eigenvalue weighted by Crippen LogP contribution is 2.25. The summed E-state index contributed by atoms with van der Waals surface area (Å²) in [4.78, 5) is 0. The molecule has 0 heterocycles. The van der Waals surface area contributed by atoms with Crippen molar-refractivity contribution in [2.24, 2.45) is 5.73 Å². The molecule has 5 heteroatoms. The molecule has 0 aliphatic heterocycles. The summed E-state index contributed by atoms with van der Waals surface area (Å²) in [6.45, 7) is 3.53. The topological polar surface area (TPSA) is 35.2 Å². The first-order chi connectivity index (χ1) is 7.04. The zero-order valence-corrected chi connectivity index (χ0v) is 10.1. The minimum absolute atomic E-state index is 0. The molecule has 2 N–H and O–H groups in total. The van der Waals surface area contributed by atoms with Gasteiger partial charge in [-0.2, -0.15) is 0 Å². The first-order valence-electron chi connectivity index (χ1n) is 4.75. The van der Waals surface area contributed by atoms with Crippen molar-refractivity contribution in [2.45, 2.75) is 26.8 Å². The Morgan fingerprint density at radius 1 is 1.25 bits per heavy atom. The third-order valence-electron chi connectivity index (χ3n) is 2.11. The monoisotopic (exact) mass is 251 g/mol. The second kappa shape index (κ2) is 6.66. The van der Waals surface area contributed by atoms with Crippen molar-refractivity contribution < 1.29 is 13.5 Å². The highest BCUT2D eigenvalue weighted by Gasteiger charge is 2.09. The molecule has 92 valence electrons. The Bertz CT molecular complexity index is 322. The Hall–Kier alpha value is -0.870. The maximum absolute atomic E-state index is 12.0. The number of benzene rings is 1. The molecule has 0 saturated heterocycles. The van der Waals surface area contributed by atoms with Gasteiger partial charge >= 0.3 is 0 Å². The Labute approximate surface area is 100 Å². The van der Waals surface area contributed by atoms with E-state index in [1.54, 1.807) is 0 Å². The van der Waals surface area contributed by atoms with E-state index in [1.807, 2.05) is 26.0 Å². The summed E-state index contributed by atoms with van der Waals surface area (Å²) in [7, 11) is 0. The van der Waals surface area contributed by atoms with Crippen LogP contribution in [0.5, 0.6) is 5.75 Å². The summed E-state index contributed by atoms with van der Waals surface area (Å²) in [6.07, 6.45) is -2.45. The van der Waals surface area contributed by atoms with Gasteiger partial charge in [0.2, 0.25) is 0 Å². The molecule has 1 aromatic rings. The molecule has 16 heavy (non-hydrogen) atoms. The van der Waals surface area contributed by atoms with Crippen molar-refractivity contribution in [3.8, 4) is 5.75 Å². The zero-order chi connectivity index (χ0) is 11.4. The quantitative estimate of drug-likeness (QED) is 0.893. The van der Waals surface area contributed by atoms with Crippen LogP contribution in [0.25, 0.3) is 0 Å². The summed E-state index contributed by atoms with van der Waals surface area (Å²) < 4.78 is 29.0. The number of nitrogens with two attached hydrogens (primary N) is 1. The molecule has 0 atom stereocenters. The fourth-order valence-corrected chi connectivity index (χ4v) is 1.53. The fourth-order valence-electron chi connectivity index (χ4n) is 1.53. The van der Waals surface area contributed by atoms with E-state index >= 15 is 0 Å². The number of hydrogen-bond acceptors (Lipinski definition) is 2. The van der Waals surface area contributed by atoms with Gasteiger partial charge in [-0.3, -0.25) is 0 Å². The lowest BCUT2D eigenvalue weighted by atomic mass is 10.1. The Morgan fingerprint density at radius 2 is 1.75 bits per heavy atom. The molecule has 0 unspecified atom stereocenters. The number of aryl methyl sites for hydroxylation is 2. The summed E-state index contributed by atoms with van der Waals surface area (Å²) in [6, 6.07) is 3.71. The fraction of sp³-hybridized carbons (Fsp3) is 0.455. The van der Waals surface area contributed by atoms with Crippen molar-refractivity contribution in [3.63, 3.8) is 0 Å². The van der Waals surface area contributed by atoms with Crippen molar-refractivity contribution in [1.82, 2.24) is 0 Å². The number of alkyl halides is 2. The van der Waals surface area contributed by atoms with Gasteiger partial charge in [0, 0.05) is 6.54 Å². The summed E-state index contributed by atoms with van der Waals surface area (Å²) in [5.74, 6) is 0.535. The molecule has 0 bridgehead atoms. The molecule has 2 nitrogen and oxygen atoms in total. The van der Waals surface area contributed by atoms with Crippen LogP contribution in [0.4, 0.5) is 8.78 Å². The van der Waals surface area contributed by atoms with E-state index in [1.165, 1.54) is 0 Å². The summed E-state index contributed by atoms with van der Waals surface area (Å²) >= 11 is 0. The van der Waals surface area contributed by atoms with Crippen LogP contribution in [-0.4, -0.2) is 13.0 Å². The maximum atomic E-state index is 12.0. The minimum Gasteiger partial charge on any atom is -0.487 e. The van der Waals surface area contributed by atoms with E-state index in [0.29, 0.717) is 12.3 Å². The molecule has 0 amide bonds. The van der Waals surface area contributed by atoms with Gasteiger partial charge in [0.1, 0.15) is 12.4 Å². The Kier molecular flexibility index (Phi) is 6.29. The maximum Gasteiger partial charge on any atom is 0.272 e. The second-order valence-electron chi connectivity index (χ2n) is 3.46. The lowest BCUT2D eigenvalue weighted by molar-refractivity contribution is 0.0812. The van der Waals surface area contributed by atoms with Crippen LogP contribution in [-0.2, 0) is 6.54 Å². The van der Waals surface area contributed by atoms with Gasteiger partial charge in [0.15, 0.2) is 0 Å². The lowest BCUT2D eigenvalue weighted by Crippen LogP contribution is -2.09. The number of rotatable bonds is 4. The van der Waals surface area contributed by atoms with Gasteiger partial charge in [-0.25, -0.2) is 8.78 Å². The van der Waals surface area contributed by atoms with Crippen LogP contribution in [0.2, 0.25) is 0 Å². The number of ether oxygens (including phenoxy) is 1. The van der Waals surface area contributed by atoms with Gasteiger partial charge in [0.05, 0.1) is 0 Å². The van der Waals surface area contributed by atoms with Gasteiger partial charge in [0.25, 0.3) is 6.43 Å². The van der Waals surface area contributed by atoms with E-state index in [-0.39, 0.29) is 12.4 Å². The van der Waals surface area contributed by atoms with E-state index in [0.717, 1.165) is 16.7 Å². The van der Waals surface area contributed by atoms with Gasteiger partial charge in [-0.05, 0) is 30.5 Å². The SMILES string of the molecule is Cc1cc(CN)cc(C)c1OCC(F)F.Cl. The van der Waals surface area contributed by atoms with Crippen LogP contribution in [0.15, 0.2) is 12.1 Å². The van der Waals surface area contributed by atoms with E-state index in [2.05, 4.69) is 0 Å². The second-order valence-corrected chi connectivity index (χ2v) is 3.46. The molecule has 0 radical (unpaired) electrons. The molecule has 0 saturated carbocycles. The highest BCUT2D eigenvalue weighted by molar-refractivity contribution is 5.85. The third kappa shape index (κ3) is 3.94. The molecular formula is C11H16ClF2NO. The molecule has 0 aliphatic carbocycles. The molecule has 1 aromatic carbocycles.